The Morgan fingerprint density at radius 1 is 1.05 bits per heavy atom. The SMILES string of the molecule is NCC(=O)Oc1ccc(C(C(F)(F)F)C(F)(F)F)cc1. The first-order chi connectivity index (χ1) is 9.05. The first kappa shape index (κ1) is 16.3. The van der Waals surface area contributed by atoms with Crippen LogP contribution in [0.4, 0.5) is 26.3 Å². The topological polar surface area (TPSA) is 52.3 Å². The smallest absolute Gasteiger partial charge is 0.404 e. The Hall–Kier alpha value is -1.77. The van der Waals surface area contributed by atoms with Gasteiger partial charge in [0.25, 0.3) is 0 Å². The highest BCUT2D eigenvalue weighted by Gasteiger charge is 2.57. The van der Waals surface area contributed by atoms with Gasteiger partial charge < -0.3 is 10.5 Å². The molecule has 1 aromatic rings. The fraction of sp³-hybridized carbons (Fsp3) is 0.364. The Labute approximate surface area is 109 Å². The predicted molar refractivity (Wildman–Crippen MR) is 56.0 cm³/mol. The molecule has 0 radical (unpaired) electrons. The first-order valence-corrected chi connectivity index (χ1v) is 5.20. The molecule has 0 aliphatic rings. The minimum Gasteiger partial charge on any atom is -0.426 e. The Kier molecular flexibility index (Phi) is 4.64. The highest BCUT2D eigenvalue weighted by Crippen LogP contribution is 2.46. The van der Waals surface area contributed by atoms with E-state index in [2.05, 4.69) is 4.74 Å². The molecule has 0 fully saturated rings. The second kappa shape index (κ2) is 5.70. The van der Waals surface area contributed by atoms with E-state index in [1.54, 1.807) is 0 Å². The van der Waals surface area contributed by atoms with E-state index in [4.69, 9.17) is 5.73 Å². The van der Waals surface area contributed by atoms with E-state index in [0.717, 1.165) is 12.1 Å². The van der Waals surface area contributed by atoms with Crippen LogP contribution in [0.25, 0.3) is 0 Å². The molecule has 0 atom stereocenters. The molecule has 1 rings (SSSR count). The minimum atomic E-state index is -5.46. The summed E-state index contributed by atoms with van der Waals surface area (Å²) in [7, 11) is 0. The largest absolute Gasteiger partial charge is 0.426 e. The summed E-state index contributed by atoms with van der Waals surface area (Å²) in [6, 6.07) is 2.89. The van der Waals surface area contributed by atoms with Crippen LogP contribution in [0.2, 0.25) is 0 Å². The summed E-state index contributed by atoms with van der Waals surface area (Å²) >= 11 is 0. The zero-order chi connectivity index (χ0) is 15.6. The lowest BCUT2D eigenvalue weighted by Gasteiger charge is -2.23. The van der Waals surface area contributed by atoms with Crippen molar-refractivity contribution in [3.8, 4) is 5.75 Å². The number of hydrogen-bond donors (Lipinski definition) is 1. The van der Waals surface area contributed by atoms with Gasteiger partial charge in [-0.15, -0.1) is 0 Å². The summed E-state index contributed by atoms with van der Waals surface area (Å²) in [6.45, 7) is -0.463. The molecule has 0 saturated carbocycles. The third kappa shape index (κ3) is 4.12. The fourth-order valence-corrected chi connectivity index (χ4v) is 1.46. The summed E-state index contributed by atoms with van der Waals surface area (Å²) in [5.41, 5.74) is 3.95. The van der Waals surface area contributed by atoms with Gasteiger partial charge in [-0.05, 0) is 17.7 Å². The highest BCUT2D eigenvalue weighted by molar-refractivity contribution is 5.74. The third-order valence-electron chi connectivity index (χ3n) is 2.27. The number of alkyl halides is 6. The van der Waals surface area contributed by atoms with Crippen LogP contribution in [-0.4, -0.2) is 24.9 Å². The summed E-state index contributed by atoms with van der Waals surface area (Å²) in [4.78, 5) is 10.8. The molecule has 0 amide bonds. The number of carbonyl (C=O) groups excluding carboxylic acids is 1. The average molecular weight is 301 g/mol. The lowest BCUT2D eigenvalue weighted by atomic mass is 9.98. The van der Waals surface area contributed by atoms with Crippen LogP contribution >= 0.6 is 0 Å². The van der Waals surface area contributed by atoms with Gasteiger partial charge in [-0.1, -0.05) is 12.1 Å². The number of benzene rings is 1. The van der Waals surface area contributed by atoms with Crippen molar-refractivity contribution in [1.82, 2.24) is 0 Å². The first-order valence-electron chi connectivity index (χ1n) is 5.20. The van der Waals surface area contributed by atoms with Crippen molar-refractivity contribution >= 4 is 5.97 Å². The highest BCUT2D eigenvalue weighted by atomic mass is 19.4. The van der Waals surface area contributed by atoms with Crippen LogP contribution in [0.15, 0.2) is 24.3 Å². The Bertz CT molecular complexity index is 451. The molecular formula is C11H9F6NO2. The van der Waals surface area contributed by atoms with Crippen molar-refractivity contribution in [2.75, 3.05) is 6.54 Å². The second-order valence-electron chi connectivity index (χ2n) is 3.76. The van der Waals surface area contributed by atoms with E-state index < -0.39 is 36.3 Å². The summed E-state index contributed by atoms with van der Waals surface area (Å²) in [6.07, 6.45) is -10.9. The Morgan fingerprint density at radius 3 is 1.85 bits per heavy atom. The zero-order valence-electron chi connectivity index (χ0n) is 9.76. The lowest BCUT2D eigenvalue weighted by Crippen LogP contribution is -2.34. The van der Waals surface area contributed by atoms with Crippen LogP contribution in [0.5, 0.6) is 5.75 Å². The van der Waals surface area contributed by atoms with Crippen molar-refractivity contribution in [3.05, 3.63) is 29.8 Å². The molecule has 3 nitrogen and oxygen atoms in total. The maximum atomic E-state index is 12.4. The maximum Gasteiger partial charge on any atom is 0.404 e. The molecule has 112 valence electrons. The van der Waals surface area contributed by atoms with E-state index >= 15 is 0 Å². The number of halogens is 6. The van der Waals surface area contributed by atoms with Gasteiger partial charge in [0.1, 0.15) is 5.75 Å². The zero-order valence-corrected chi connectivity index (χ0v) is 9.76. The molecule has 0 aromatic heterocycles. The molecule has 0 spiro atoms. The normalized spacial score (nSPS) is 12.6. The molecule has 0 aliphatic carbocycles. The predicted octanol–water partition coefficient (Wildman–Crippen LogP) is 2.76. The fourth-order valence-electron chi connectivity index (χ4n) is 1.46. The van der Waals surface area contributed by atoms with Crippen LogP contribution in [0.1, 0.15) is 11.5 Å². The van der Waals surface area contributed by atoms with Crippen molar-refractivity contribution in [2.45, 2.75) is 18.3 Å². The lowest BCUT2D eigenvalue weighted by molar-refractivity contribution is -0.253. The number of carbonyl (C=O) groups is 1. The third-order valence-corrected chi connectivity index (χ3v) is 2.27. The molecule has 0 bridgehead atoms. The van der Waals surface area contributed by atoms with Crippen LogP contribution in [-0.2, 0) is 4.79 Å². The van der Waals surface area contributed by atoms with Crippen molar-refractivity contribution in [3.63, 3.8) is 0 Å². The van der Waals surface area contributed by atoms with Crippen LogP contribution in [0.3, 0.4) is 0 Å². The van der Waals surface area contributed by atoms with Gasteiger partial charge >= 0.3 is 18.3 Å². The number of hydrogen-bond acceptors (Lipinski definition) is 3. The molecule has 9 heteroatoms. The average Bonchev–Trinajstić information content (AvgIpc) is 2.27. The number of nitrogens with two attached hydrogens (primary N) is 1. The molecular weight excluding hydrogens is 292 g/mol. The van der Waals surface area contributed by atoms with E-state index in [1.165, 1.54) is 0 Å². The summed E-state index contributed by atoms with van der Waals surface area (Å²) in [5.74, 6) is -4.64. The van der Waals surface area contributed by atoms with Gasteiger partial charge in [0.2, 0.25) is 0 Å². The van der Waals surface area contributed by atoms with Gasteiger partial charge in [-0.3, -0.25) is 4.79 Å². The van der Waals surface area contributed by atoms with Crippen LogP contribution in [0, 0.1) is 0 Å². The van der Waals surface area contributed by atoms with E-state index in [-0.39, 0.29) is 5.75 Å². The summed E-state index contributed by atoms with van der Waals surface area (Å²) < 4.78 is 79.2. The van der Waals surface area contributed by atoms with Gasteiger partial charge in [0.15, 0.2) is 5.92 Å². The maximum absolute atomic E-state index is 12.4. The molecule has 1 aromatic carbocycles. The number of ether oxygens (including phenoxy) is 1. The monoisotopic (exact) mass is 301 g/mol. The molecule has 0 heterocycles. The van der Waals surface area contributed by atoms with Gasteiger partial charge in [-0.25, -0.2) is 0 Å². The quantitative estimate of drug-likeness (QED) is 0.530. The molecule has 0 saturated heterocycles. The summed E-state index contributed by atoms with van der Waals surface area (Å²) in [5, 5.41) is 0. The van der Waals surface area contributed by atoms with E-state index in [9.17, 15) is 31.1 Å². The minimum absolute atomic E-state index is 0.188. The van der Waals surface area contributed by atoms with Crippen molar-refractivity contribution < 1.29 is 35.9 Å². The molecule has 0 aliphatic heterocycles. The molecule has 2 N–H and O–H groups in total. The van der Waals surface area contributed by atoms with Crippen molar-refractivity contribution in [2.24, 2.45) is 5.73 Å². The Balaban J connectivity index is 3.03. The van der Waals surface area contributed by atoms with E-state index in [0.29, 0.717) is 12.1 Å². The van der Waals surface area contributed by atoms with Gasteiger partial charge in [-0.2, -0.15) is 26.3 Å². The van der Waals surface area contributed by atoms with Gasteiger partial charge in [0, 0.05) is 0 Å². The number of esters is 1. The molecule has 0 unspecified atom stereocenters. The Morgan fingerprint density at radius 2 is 1.50 bits per heavy atom. The van der Waals surface area contributed by atoms with Gasteiger partial charge in [0.05, 0.1) is 6.54 Å². The van der Waals surface area contributed by atoms with Crippen molar-refractivity contribution in [1.29, 1.82) is 0 Å². The number of rotatable bonds is 3. The van der Waals surface area contributed by atoms with E-state index in [1.807, 2.05) is 0 Å². The standard InChI is InChI=1S/C11H9F6NO2/c12-10(13,14)9(11(15,16)17)6-1-3-7(4-2-6)20-8(19)5-18/h1-4,9H,5,18H2. The second-order valence-corrected chi connectivity index (χ2v) is 3.76. The molecule has 20 heavy (non-hydrogen) atoms. The van der Waals surface area contributed by atoms with Crippen LogP contribution < -0.4 is 10.5 Å².